The first-order valence-electron chi connectivity index (χ1n) is 52.5. The third-order valence-electron chi connectivity index (χ3n) is 29.3. The number of rotatable bonds is 18. The van der Waals surface area contributed by atoms with E-state index in [1.54, 1.807) is 0 Å². The van der Waals surface area contributed by atoms with Gasteiger partial charge >= 0.3 is 0 Å². The smallest absolute Gasteiger partial charge is 0.216 e. The average molecular weight is 1960 g/mol. The van der Waals surface area contributed by atoms with Crippen LogP contribution in [0.1, 0.15) is 291 Å². The molecule has 0 saturated heterocycles. The number of pyridine rings is 5. The van der Waals surface area contributed by atoms with Crippen LogP contribution in [0.5, 0.6) is 0 Å². The number of furan rings is 5. The average Bonchev–Trinajstić information content (AvgIpc) is 1.59. The molecule has 0 aliphatic rings. The van der Waals surface area contributed by atoms with Gasteiger partial charge in [0, 0.05) is 120 Å². The summed E-state index contributed by atoms with van der Waals surface area (Å²) in [5.41, 5.74) is 40.9. The Labute approximate surface area is 872 Å². The van der Waals surface area contributed by atoms with Crippen molar-refractivity contribution in [1.82, 2.24) is 0 Å². The van der Waals surface area contributed by atoms with Crippen LogP contribution in [0.3, 0.4) is 0 Å². The van der Waals surface area contributed by atoms with Crippen LogP contribution in [-0.4, -0.2) is 0 Å². The Morgan fingerprint density at radius 3 is 0.905 bits per heavy atom. The molecule has 0 aliphatic carbocycles. The summed E-state index contributed by atoms with van der Waals surface area (Å²) < 4.78 is 43.8. The zero-order valence-corrected chi connectivity index (χ0v) is 92.1. The standard InChI is InChI=1S/3C27H29N2O.2C26H27N2O/c1-16(2)13-20-14-18(5)23(22-9-7-8-12-29(22)6)27-25(20)24-19(15-28)10-11-21(17(3)4)26(24)30-27;1-16(2)13-19-14-20(15-28)25-21-11-10-18(5)24(22-9-7-8-12-29(22)6)26(21)30-27(25)23(19)17(3)4;1-16(2)13-19-14-21(17(3)4)27-25(22(19)15-28)20-11-10-18(5)24(26(20)30-27)23-9-7-8-12-29(23)6;1-15(2)19-11-10-18(14-27)23-24-20(16(3)4)13-17(5)22(26(24)29-25(19)23)21-9-7-8-12-28(21)6;1-15(2)19-13-20(16(3)4)26-24(21(19)14-27)18-11-10-17(5)23(25(18)29-26)22-9-7-8-12-28(22)6/h3*7-12,14,16-17H,13H2,1-6H3;2*7-13,15-16H,1-6H3/q5*+1. The number of nitrogens with zero attached hydrogens (tertiary/aromatic N) is 10. The molecule has 20 aromatic rings. The molecule has 10 heterocycles. The molecular weight excluding hydrogens is 1820 g/mol. The number of hydrogen-bond donors (Lipinski definition) is 0. The summed E-state index contributed by atoms with van der Waals surface area (Å²) >= 11 is 0. The van der Waals surface area contributed by atoms with Crippen molar-refractivity contribution in [2.45, 2.75) is 234 Å². The molecule has 10 aromatic heterocycles. The minimum absolute atomic E-state index is 0.272. The quantitative estimate of drug-likeness (QED) is 0.0743. The van der Waals surface area contributed by atoms with Crippen LogP contribution in [0, 0.1) is 109 Å². The van der Waals surface area contributed by atoms with E-state index >= 15 is 0 Å². The molecule has 0 atom stereocenters. The maximum absolute atomic E-state index is 10.1. The van der Waals surface area contributed by atoms with Gasteiger partial charge in [-0.1, -0.05) is 211 Å². The Morgan fingerprint density at radius 1 is 0.230 bits per heavy atom. The number of aromatic nitrogens is 5. The Morgan fingerprint density at radius 2 is 0.547 bits per heavy atom. The van der Waals surface area contributed by atoms with Crippen LogP contribution in [-0.2, 0) is 54.5 Å². The van der Waals surface area contributed by atoms with E-state index in [1.807, 2.05) is 73.9 Å². The Hall–Kier alpha value is -15.6. The highest BCUT2D eigenvalue weighted by Crippen LogP contribution is 2.51. The summed E-state index contributed by atoms with van der Waals surface area (Å²) in [4.78, 5) is 0. The third kappa shape index (κ3) is 19.5. The summed E-state index contributed by atoms with van der Waals surface area (Å²) in [6.45, 7) is 54.5. The molecule has 0 N–H and O–H groups in total. The maximum atomic E-state index is 10.1. The minimum atomic E-state index is 0.272. The molecule has 0 unspecified atom stereocenters. The molecular formula is C133H141N10O5+5. The van der Waals surface area contributed by atoms with Crippen LogP contribution in [0.2, 0.25) is 0 Å². The number of benzene rings is 10. The summed E-state index contributed by atoms with van der Waals surface area (Å²) in [7, 11) is 10.3. The van der Waals surface area contributed by atoms with E-state index < -0.39 is 0 Å². The topological polar surface area (TPSA) is 204 Å². The molecule has 0 radical (unpaired) electrons. The van der Waals surface area contributed by atoms with E-state index in [1.165, 1.54) is 44.5 Å². The molecule has 0 spiro atoms. The van der Waals surface area contributed by atoms with E-state index in [0.717, 1.165) is 235 Å². The maximum Gasteiger partial charge on any atom is 0.216 e. The van der Waals surface area contributed by atoms with Crippen LogP contribution >= 0.6 is 0 Å². The van der Waals surface area contributed by atoms with E-state index in [4.69, 9.17) is 22.1 Å². The third-order valence-corrected chi connectivity index (χ3v) is 29.3. The Balaban J connectivity index is 0.000000132. The highest BCUT2D eigenvalue weighted by Gasteiger charge is 2.35. The molecule has 20 rings (SSSR count). The van der Waals surface area contributed by atoms with Crippen molar-refractivity contribution in [3.05, 3.63) is 324 Å². The van der Waals surface area contributed by atoms with Crippen molar-refractivity contribution in [3.63, 3.8) is 0 Å². The van der Waals surface area contributed by atoms with Crippen molar-refractivity contribution in [2.24, 2.45) is 53.0 Å². The molecule has 0 aliphatic heterocycles. The number of fused-ring (bicyclic) bond motifs is 15. The summed E-state index contributed by atoms with van der Waals surface area (Å²) in [6.07, 6.45) is 13.0. The monoisotopic (exact) mass is 1960 g/mol. The van der Waals surface area contributed by atoms with E-state index in [0.29, 0.717) is 70.0 Å². The van der Waals surface area contributed by atoms with E-state index in [2.05, 4.69) is 401 Å². The van der Waals surface area contributed by atoms with Gasteiger partial charge < -0.3 is 22.1 Å². The first kappa shape index (κ1) is 105. The van der Waals surface area contributed by atoms with Gasteiger partial charge in [-0.2, -0.15) is 26.3 Å². The molecule has 10 aromatic carbocycles. The van der Waals surface area contributed by atoms with Gasteiger partial charge in [-0.25, -0.2) is 22.8 Å². The SMILES string of the molecule is Cc1cc(C(C)C)c2c(oc3c(C(C)C)ccc(C#N)c32)c1-c1cccc[n+]1C.Cc1cc(CC(C)C)c2c(oc3c(C(C)C)ccc(C#N)c32)c1-c1cccc[n+]1C.Cc1ccc2c(oc3c(C(C)C)c(CC(C)C)cc(C#N)c32)c1-c1cccc[n+]1C.Cc1ccc2c(oc3c(C(C)C)cc(C(C)C)c(C#N)c32)c1-c1cccc[n+]1C.Cc1ccc2c(oc3c(C(C)C)cc(CC(C)C)c(C#N)c32)c1-c1cccc[n+]1C. The zero-order chi connectivity index (χ0) is 106. The minimum Gasteiger partial charge on any atom is -0.455 e. The molecule has 0 bridgehead atoms. The van der Waals surface area contributed by atoms with Crippen molar-refractivity contribution < 1.29 is 44.9 Å². The fraction of sp³-hybridized carbons (Fsp3) is 0.323. The lowest BCUT2D eigenvalue weighted by molar-refractivity contribution is -0.660. The lowest BCUT2D eigenvalue weighted by atomic mass is 9.88. The summed E-state index contributed by atoms with van der Waals surface area (Å²) in [5, 5.41) is 60.0. The first-order chi connectivity index (χ1) is 70.7. The predicted molar refractivity (Wildman–Crippen MR) is 603 cm³/mol. The van der Waals surface area contributed by atoms with Gasteiger partial charge in [0.1, 0.15) is 103 Å². The van der Waals surface area contributed by atoms with Gasteiger partial charge in [0.15, 0.2) is 31.0 Å². The largest absolute Gasteiger partial charge is 0.455 e. The van der Waals surface area contributed by atoms with Crippen LogP contribution in [0.25, 0.3) is 166 Å². The molecule has 148 heavy (non-hydrogen) atoms. The normalized spacial score (nSPS) is 11.7. The summed E-state index contributed by atoms with van der Waals surface area (Å²) in [6, 6.07) is 75.0. The van der Waals surface area contributed by atoms with Gasteiger partial charge in [-0.05, 0) is 239 Å². The lowest BCUT2D eigenvalue weighted by Gasteiger charge is -2.16. The fourth-order valence-electron chi connectivity index (χ4n) is 22.2. The van der Waals surface area contributed by atoms with Gasteiger partial charge in [-0.15, -0.1) is 0 Å². The van der Waals surface area contributed by atoms with Gasteiger partial charge in [0.05, 0.1) is 73.8 Å². The van der Waals surface area contributed by atoms with Gasteiger partial charge in [-0.3, -0.25) is 0 Å². The second-order valence-corrected chi connectivity index (χ2v) is 44.0. The zero-order valence-electron chi connectivity index (χ0n) is 92.1. The van der Waals surface area contributed by atoms with Crippen molar-refractivity contribution in [2.75, 3.05) is 0 Å². The van der Waals surface area contributed by atoms with Crippen LogP contribution < -0.4 is 22.8 Å². The second kappa shape index (κ2) is 43.2. The predicted octanol–water partition coefficient (Wildman–Crippen LogP) is 32.7. The molecule has 0 fully saturated rings. The summed E-state index contributed by atoms with van der Waals surface area (Å²) in [5.74, 6) is 3.65. The van der Waals surface area contributed by atoms with Gasteiger partial charge in [0.2, 0.25) is 28.5 Å². The fourth-order valence-corrected chi connectivity index (χ4v) is 22.2. The Kier molecular flexibility index (Phi) is 30.7. The van der Waals surface area contributed by atoms with Crippen molar-refractivity contribution >= 4 is 110 Å². The first-order valence-corrected chi connectivity index (χ1v) is 52.5. The Bertz CT molecular complexity index is 8790. The van der Waals surface area contributed by atoms with E-state index in [-0.39, 0.29) is 5.92 Å². The van der Waals surface area contributed by atoms with E-state index in [9.17, 15) is 26.3 Å². The molecule has 0 amide bonds. The molecule has 0 saturated carbocycles. The highest BCUT2D eigenvalue weighted by atomic mass is 16.3. The van der Waals surface area contributed by atoms with Crippen LogP contribution in [0.4, 0.5) is 0 Å². The molecule has 15 nitrogen and oxygen atoms in total. The van der Waals surface area contributed by atoms with Crippen LogP contribution in [0.15, 0.2) is 235 Å². The number of aryl methyl sites for hydroxylation is 10. The van der Waals surface area contributed by atoms with Crippen molar-refractivity contribution in [3.8, 4) is 86.6 Å². The number of hydrogen-bond acceptors (Lipinski definition) is 10. The second-order valence-electron chi connectivity index (χ2n) is 44.0. The molecule has 15 heteroatoms. The van der Waals surface area contributed by atoms with Gasteiger partial charge in [0.25, 0.3) is 0 Å². The highest BCUT2D eigenvalue weighted by molar-refractivity contribution is 6.19. The molecule has 748 valence electrons. The lowest BCUT2D eigenvalue weighted by Crippen LogP contribution is -2.30. The van der Waals surface area contributed by atoms with Crippen molar-refractivity contribution in [1.29, 1.82) is 26.3 Å². The number of nitriles is 5.